The zero-order valence-corrected chi connectivity index (χ0v) is 17.5. The van der Waals surface area contributed by atoms with Gasteiger partial charge in [-0.1, -0.05) is 12.1 Å². The maximum atomic E-state index is 8.97. The number of fused-ring (bicyclic) bond motifs is 1. The molecule has 0 aliphatic heterocycles. The SMILES string of the molecule is CC(Cn1cnc2c(NCCc3ccc(SC#N)cc3)ncnc21)OCP(O)O. The van der Waals surface area contributed by atoms with Gasteiger partial charge in [0, 0.05) is 11.4 Å². The molecule has 1 unspecified atom stereocenters. The van der Waals surface area contributed by atoms with Gasteiger partial charge in [-0.15, -0.1) is 0 Å². The Morgan fingerprint density at radius 3 is 2.79 bits per heavy atom. The molecule has 152 valence electrons. The van der Waals surface area contributed by atoms with E-state index in [1.54, 1.807) is 6.33 Å². The lowest BCUT2D eigenvalue weighted by Gasteiger charge is -2.14. The molecule has 0 spiro atoms. The zero-order chi connectivity index (χ0) is 20.6. The number of nitrogens with one attached hydrogen (secondary N) is 1. The third kappa shape index (κ3) is 6.10. The van der Waals surface area contributed by atoms with Gasteiger partial charge in [-0.05, 0) is 42.8 Å². The smallest absolute Gasteiger partial charge is 0.192 e. The van der Waals surface area contributed by atoms with Gasteiger partial charge < -0.3 is 24.4 Å². The third-order valence-corrected chi connectivity index (χ3v) is 5.10. The molecule has 9 nitrogen and oxygen atoms in total. The number of aromatic nitrogens is 4. The summed E-state index contributed by atoms with van der Waals surface area (Å²) >= 11 is 1.15. The molecule has 0 saturated heterocycles. The van der Waals surface area contributed by atoms with Crippen molar-refractivity contribution in [1.29, 1.82) is 5.26 Å². The summed E-state index contributed by atoms with van der Waals surface area (Å²) in [5.74, 6) is 0.660. The predicted molar refractivity (Wildman–Crippen MR) is 112 cm³/mol. The average Bonchev–Trinajstić information content (AvgIpc) is 3.12. The van der Waals surface area contributed by atoms with E-state index >= 15 is 0 Å². The summed E-state index contributed by atoms with van der Waals surface area (Å²) < 4.78 is 7.25. The number of thioether (sulfide) groups is 1. The summed E-state index contributed by atoms with van der Waals surface area (Å²) in [4.78, 5) is 31.9. The second-order valence-electron chi connectivity index (χ2n) is 6.28. The van der Waals surface area contributed by atoms with Crippen molar-refractivity contribution in [3.05, 3.63) is 42.5 Å². The number of nitrogens with zero attached hydrogens (tertiary/aromatic N) is 5. The molecule has 0 amide bonds. The quantitative estimate of drug-likeness (QED) is 0.251. The van der Waals surface area contributed by atoms with Crippen LogP contribution in [0.3, 0.4) is 0 Å². The molecule has 3 N–H and O–H groups in total. The molecular weight excluding hydrogens is 411 g/mol. The van der Waals surface area contributed by atoms with Gasteiger partial charge in [-0.2, -0.15) is 5.26 Å². The van der Waals surface area contributed by atoms with E-state index < -0.39 is 8.38 Å². The van der Waals surface area contributed by atoms with Crippen LogP contribution < -0.4 is 5.32 Å². The molecule has 0 fully saturated rings. The summed E-state index contributed by atoms with van der Waals surface area (Å²) in [5.41, 5.74) is 2.52. The summed E-state index contributed by atoms with van der Waals surface area (Å²) in [6, 6.07) is 7.90. The van der Waals surface area contributed by atoms with E-state index in [4.69, 9.17) is 19.8 Å². The number of anilines is 1. The average molecular weight is 432 g/mol. The molecule has 0 aliphatic rings. The minimum absolute atomic E-state index is 0.0822. The molecule has 0 radical (unpaired) electrons. The Morgan fingerprint density at radius 2 is 2.07 bits per heavy atom. The van der Waals surface area contributed by atoms with Crippen LogP contribution >= 0.6 is 20.1 Å². The third-order valence-electron chi connectivity index (χ3n) is 4.12. The maximum absolute atomic E-state index is 8.97. The van der Waals surface area contributed by atoms with Gasteiger partial charge in [-0.25, -0.2) is 15.0 Å². The Morgan fingerprint density at radius 1 is 1.28 bits per heavy atom. The molecule has 0 bridgehead atoms. The highest BCUT2D eigenvalue weighted by atomic mass is 32.2. The van der Waals surface area contributed by atoms with E-state index in [1.807, 2.05) is 35.8 Å². The second-order valence-corrected chi connectivity index (χ2v) is 8.15. The van der Waals surface area contributed by atoms with Crippen molar-refractivity contribution in [3.8, 4) is 5.40 Å². The Hall–Kier alpha value is -2.28. The number of ether oxygens (including phenoxy) is 1. The highest BCUT2D eigenvalue weighted by Crippen LogP contribution is 2.24. The van der Waals surface area contributed by atoms with Crippen LogP contribution in [0.2, 0.25) is 0 Å². The van der Waals surface area contributed by atoms with E-state index in [0.29, 0.717) is 30.1 Å². The highest BCUT2D eigenvalue weighted by Gasteiger charge is 2.13. The number of rotatable bonds is 10. The van der Waals surface area contributed by atoms with Gasteiger partial charge in [-0.3, -0.25) is 0 Å². The number of hydrogen-bond donors (Lipinski definition) is 3. The van der Waals surface area contributed by atoms with Crippen LogP contribution in [0.5, 0.6) is 0 Å². The van der Waals surface area contributed by atoms with E-state index in [0.717, 1.165) is 28.6 Å². The van der Waals surface area contributed by atoms with Crippen molar-refractivity contribution in [1.82, 2.24) is 19.5 Å². The molecule has 0 aliphatic carbocycles. The Bertz CT molecular complexity index is 976. The minimum Gasteiger partial charge on any atom is -0.368 e. The lowest BCUT2D eigenvalue weighted by molar-refractivity contribution is 0.0822. The lowest BCUT2D eigenvalue weighted by atomic mass is 10.1. The molecule has 1 aromatic carbocycles. The monoisotopic (exact) mass is 432 g/mol. The number of thiocyanates is 1. The van der Waals surface area contributed by atoms with Crippen molar-refractivity contribution in [3.63, 3.8) is 0 Å². The first-order chi connectivity index (χ1) is 14.1. The second kappa shape index (κ2) is 10.5. The van der Waals surface area contributed by atoms with Crippen LogP contribution in [0.1, 0.15) is 12.5 Å². The van der Waals surface area contributed by atoms with Crippen LogP contribution in [0.15, 0.2) is 41.8 Å². The fraction of sp³-hybridized carbons (Fsp3) is 0.333. The molecule has 1 atom stereocenters. The topological polar surface area (TPSA) is 129 Å². The first kappa shape index (κ1) is 21.4. The Kier molecular flexibility index (Phi) is 7.75. The van der Waals surface area contributed by atoms with Gasteiger partial charge in [0.25, 0.3) is 0 Å². The van der Waals surface area contributed by atoms with Crippen LogP contribution in [0.25, 0.3) is 11.2 Å². The zero-order valence-electron chi connectivity index (χ0n) is 15.8. The first-order valence-electron chi connectivity index (χ1n) is 8.88. The van der Waals surface area contributed by atoms with Crippen molar-refractivity contribution in [2.45, 2.75) is 30.9 Å². The Balaban J connectivity index is 1.60. The molecule has 2 heterocycles. The van der Waals surface area contributed by atoms with Crippen LogP contribution in [-0.2, 0) is 17.7 Å². The van der Waals surface area contributed by atoms with E-state index in [9.17, 15) is 0 Å². The van der Waals surface area contributed by atoms with Gasteiger partial charge >= 0.3 is 0 Å². The van der Waals surface area contributed by atoms with Gasteiger partial charge in [0.2, 0.25) is 0 Å². The fourth-order valence-corrected chi connectivity index (χ4v) is 3.53. The maximum Gasteiger partial charge on any atom is 0.192 e. The number of hydrogen-bond acceptors (Lipinski definition) is 9. The van der Waals surface area contributed by atoms with Crippen molar-refractivity contribution in [2.24, 2.45) is 0 Å². The first-order valence-corrected chi connectivity index (χ1v) is 11.1. The summed E-state index contributed by atoms with van der Waals surface area (Å²) in [6.45, 7) is 3.02. The van der Waals surface area contributed by atoms with E-state index in [1.165, 1.54) is 6.33 Å². The molecule has 3 rings (SSSR count). The molecular formula is C18H21N6O3PS. The lowest BCUT2D eigenvalue weighted by Crippen LogP contribution is -2.16. The number of benzene rings is 1. The molecule has 29 heavy (non-hydrogen) atoms. The fourth-order valence-electron chi connectivity index (χ4n) is 2.77. The Labute approximate surface area is 173 Å². The van der Waals surface area contributed by atoms with E-state index in [-0.39, 0.29) is 12.5 Å². The van der Waals surface area contributed by atoms with Crippen molar-refractivity contribution < 1.29 is 14.5 Å². The van der Waals surface area contributed by atoms with Gasteiger partial charge in [0.1, 0.15) is 23.6 Å². The molecule has 3 aromatic rings. The molecule has 0 saturated carbocycles. The standard InChI is InChI=1S/C18H21N6O3PS/c1-13(27-12-28(25)26)8-24-11-23-16-17(21-10-22-18(16)24)20-7-6-14-2-4-15(5-3-14)29-9-19/h2-5,10-11,13,25-26H,6-8,12H2,1H3,(H,20,21,22). The van der Waals surface area contributed by atoms with Crippen LogP contribution in [0, 0.1) is 10.7 Å². The number of nitriles is 1. The van der Waals surface area contributed by atoms with Crippen molar-refractivity contribution in [2.75, 3.05) is 18.2 Å². The largest absolute Gasteiger partial charge is 0.368 e. The molecule has 2 aromatic heterocycles. The normalized spacial score (nSPS) is 12.2. The van der Waals surface area contributed by atoms with Gasteiger partial charge in [0.15, 0.2) is 19.8 Å². The van der Waals surface area contributed by atoms with Crippen LogP contribution in [-0.4, -0.2) is 48.3 Å². The minimum atomic E-state index is -2.06. The molecule has 11 heteroatoms. The van der Waals surface area contributed by atoms with Crippen LogP contribution in [0.4, 0.5) is 5.82 Å². The summed E-state index contributed by atoms with van der Waals surface area (Å²) in [6.07, 6.45) is 3.67. The van der Waals surface area contributed by atoms with Gasteiger partial charge in [0.05, 0.1) is 19.0 Å². The summed E-state index contributed by atoms with van der Waals surface area (Å²) in [7, 11) is -2.06. The van der Waals surface area contributed by atoms with Crippen molar-refractivity contribution >= 4 is 37.1 Å². The summed E-state index contributed by atoms with van der Waals surface area (Å²) in [5, 5.41) is 14.1. The predicted octanol–water partition coefficient (Wildman–Crippen LogP) is 2.71. The van der Waals surface area contributed by atoms with E-state index in [2.05, 4.69) is 25.7 Å². The highest BCUT2D eigenvalue weighted by molar-refractivity contribution is 8.03. The number of imidazole rings is 1.